The number of carboxylic acids is 1. The lowest BCUT2D eigenvalue weighted by Gasteiger charge is -2.30. The van der Waals surface area contributed by atoms with E-state index in [4.69, 9.17) is 11.5 Å². The number of para-hydroxylation sites is 1. The number of anilines is 3. The van der Waals surface area contributed by atoms with Gasteiger partial charge in [-0.25, -0.2) is 9.97 Å². The van der Waals surface area contributed by atoms with E-state index in [0.717, 1.165) is 0 Å². The maximum atomic E-state index is 13.6. The fourth-order valence-electron chi connectivity index (χ4n) is 4.49. The van der Waals surface area contributed by atoms with Crippen molar-refractivity contribution in [3.8, 4) is 0 Å². The molecule has 1 unspecified atom stereocenters. The van der Waals surface area contributed by atoms with E-state index < -0.39 is 17.7 Å². The predicted octanol–water partition coefficient (Wildman–Crippen LogP) is 0.466. The molecule has 7 N–H and O–H groups in total. The molecule has 35 heavy (non-hydrogen) atoms. The maximum Gasteiger partial charge on any atom is 0.314 e. The van der Waals surface area contributed by atoms with Crippen LogP contribution in [0.1, 0.15) is 28.9 Å². The Kier molecular flexibility index (Phi) is 7.32. The molecule has 1 aromatic carbocycles. The van der Waals surface area contributed by atoms with Crippen LogP contribution < -0.4 is 21.7 Å². The van der Waals surface area contributed by atoms with E-state index >= 15 is 0 Å². The third-order valence-corrected chi connectivity index (χ3v) is 6.14. The van der Waals surface area contributed by atoms with Crippen molar-refractivity contribution in [3.63, 3.8) is 0 Å². The molecular weight excluding hydrogens is 452 g/mol. The summed E-state index contributed by atoms with van der Waals surface area (Å²) in [4.78, 5) is 44.2. The van der Waals surface area contributed by atoms with Crippen molar-refractivity contribution < 1.29 is 19.8 Å². The molecule has 0 saturated carbocycles. The smallest absolute Gasteiger partial charge is 0.314 e. The minimum atomic E-state index is -1.14. The first-order valence-electron chi connectivity index (χ1n) is 11.4. The Labute approximate surface area is 201 Å². The van der Waals surface area contributed by atoms with Crippen LogP contribution in [0, 0.1) is 11.8 Å². The molecule has 12 heteroatoms. The lowest BCUT2D eigenvalue weighted by Crippen LogP contribution is -2.39. The molecule has 1 fully saturated rings. The number of carbonyl (C=O) groups excluding carboxylic acids is 1. The van der Waals surface area contributed by atoms with E-state index in [1.807, 2.05) is 0 Å². The Bertz CT molecular complexity index is 1230. The first kappa shape index (κ1) is 24.2. The number of nitrogens with zero attached hydrogens (tertiary/aromatic N) is 5. The highest BCUT2D eigenvalue weighted by Gasteiger charge is 2.37. The number of aliphatic hydroxyl groups excluding tert-OH is 1. The zero-order chi connectivity index (χ0) is 24.9. The number of carboxylic acid groups (broad SMARTS) is 1. The van der Waals surface area contributed by atoms with Gasteiger partial charge in [0.05, 0.1) is 25.0 Å². The molecule has 0 aliphatic carbocycles. The highest BCUT2D eigenvalue weighted by atomic mass is 16.4. The number of nitrogen functional groups attached to an aromatic ring is 2. The number of rotatable bonds is 9. The van der Waals surface area contributed by atoms with Crippen molar-refractivity contribution in [2.75, 3.05) is 42.6 Å². The molecule has 1 saturated heterocycles. The van der Waals surface area contributed by atoms with E-state index in [1.54, 1.807) is 29.2 Å². The van der Waals surface area contributed by atoms with Crippen LogP contribution in [0.15, 0.2) is 30.5 Å². The minimum absolute atomic E-state index is 0.00636. The summed E-state index contributed by atoms with van der Waals surface area (Å²) in [6, 6.07) is 6.82. The number of nitrogens with one attached hydrogen (secondary N) is 1. The zero-order valence-electron chi connectivity index (χ0n) is 19.1. The molecule has 0 radical (unpaired) electrons. The molecule has 2 aromatic heterocycles. The van der Waals surface area contributed by atoms with Crippen molar-refractivity contribution in [2.24, 2.45) is 11.8 Å². The number of fused-ring (bicyclic) bond motifs is 1. The summed E-state index contributed by atoms with van der Waals surface area (Å²) in [5, 5.41) is 22.9. The molecule has 0 spiro atoms. The summed E-state index contributed by atoms with van der Waals surface area (Å²) in [7, 11) is 0. The van der Waals surface area contributed by atoms with Gasteiger partial charge in [0.2, 0.25) is 5.95 Å². The third kappa shape index (κ3) is 5.28. The number of aliphatic carboxylic acids is 1. The second kappa shape index (κ2) is 10.6. The number of hydrogen-bond acceptors (Lipinski definition) is 11. The van der Waals surface area contributed by atoms with Crippen molar-refractivity contribution in [2.45, 2.75) is 19.4 Å². The topological polar surface area (TPSA) is 193 Å². The monoisotopic (exact) mass is 480 g/mol. The van der Waals surface area contributed by atoms with Gasteiger partial charge in [-0.05, 0) is 44.0 Å². The van der Waals surface area contributed by atoms with Gasteiger partial charge in [-0.3, -0.25) is 9.59 Å². The summed E-state index contributed by atoms with van der Waals surface area (Å²) in [5.74, 6) is -2.87. The van der Waals surface area contributed by atoms with Gasteiger partial charge in [-0.15, -0.1) is 0 Å². The zero-order valence-corrected chi connectivity index (χ0v) is 19.1. The number of carbonyl (C=O) groups is 2. The van der Waals surface area contributed by atoms with Crippen LogP contribution in [0.25, 0.3) is 11.2 Å². The fraction of sp³-hybridized carbons (Fsp3) is 0.391. The minimum Gasteiger partial charge on any atom is -0.481 e. The van der Waals surface area contributed by atoms with Gasteiger partial charge < -0.3 is 31.9 Å². The second-order valence-electron chi connectivity index (χ2n) is 8.43. The van der Waals surface area contributed by atoms with Crippen molar-refractivity contribution in [3.05, 3.63) is 41.7 Å². The lowest BCUT2D eigenvalue weighted by atomic mass is 9.80. The van der Waals surface area contributed by atoms with Crippen molar-refractivity contribution in [1.82, 2.24) is 25.3 Å². The lowest BCUT2D eigenvalue weighted by molar-refractivity contribution is -0.141. The van der Waals surface area contributed by atoms with E-state index in [-0.39, 0.29) is 48.6 Å². The van der Waals surface area contributed by atoms with E-state index in [1.165, 1.54) is 6.20 Å². The van der Waals surface area contributed by atoms with Crippen LogP contribution >= 0.6 is 0 Å². The number of hydrogen-bond donors (Lipinski definition) is 5. The summed E-state index contributed by atoms with van der Waals surface area (Å²) < 4.78 is 0. The number of aromatic nitrogens is 4. The number of aliphatic hydroxyl groups is 1. The fourth-order valence-corrected chi connectivity index (χ4v) is 4.49. The molecule has 184 valence electrons. The highest BCUT2D eigenvalue weighted by Crippen LogP contribution is 2.31. The van der Waals surface area contributed by atoms with E-state index in [0.29, 0.717) is 42.8 Å². The normalized spacial score (nSPS) is 15.1. The number of piperidine rings is 1. The summed E-state index contributed by atoms with van der Waals surface area (Å²) >= 11 is 0. The predicted molar refractivity (Wildman–Crippen MR) is 130 cm³/mol. The van der Waals surface area contributed by atoms with Crippen LogP contribution in [-0.4, -0.2) is 68.1 Å². The molecular formula is C23H28N8O4. The molecule has 1 aliphatic heterocycles. The largest absolute Gasteiger partial charge is 0.481 e. The van der Waals surface area contributed by atoms with Crippen LogP contribution in [0.3, 0.4) is 0 Å². The van der Waals surface area contributed by atoms with Crippen molar-refractivity contribution >= 4 is 40.4 Å². The molecule has 4 rings (SSSR count). The first-order valence-corrected chi connectivity index (χ1v) is 11.4. The quantitative estimate of drug-likeness (QED) is 0.210. The average Bonchev–Trinajstić information content (AvgIpc) is 2.84. The first-order chi connectivity index (χ1) is 16.9. The molecule has 3 heterocycles. The number of benzene rings is 1. The average molecular weight is 481 g/mol. The van der Waals surface area contributed by atoms with Gasteiger partial charge in [0.15, 0.2) is 22.8 Å². The summed E-state index contributed by atoms with van der Waals surface area (Å²) in [6.07, 6.45) is 2.75. The van der Waals surface area contributed by atoms with Crippen LogP contribution in [0.5, 0.6) is 0 Å². The van der Waals surface area contributed by atoms with Gasteiger partial charge in [-0.2, -0.15) is 9.97 Å². The van der Waals surface area contributed by atoms with E-state index in [2.05, 4.69) is 25.3 Å². The summed E-state index contributed by atoms with van der Waals surface area (Å²) in [6.45, 7) is 1.53. The molecule has 0 bridgehead atoms. The molecule has 1 atom stereocenters. The third-order valence-electron chi connectivity index (χ3n) is 6.14. The molecule has 12 nitrogen and oxygen atoms in total. The number of ketones is 1. The SMILES string of the molecule is Nc1nc(N)c2nc(CN(CCO)c3ccccc3C(=O)C(C(=O)O)C3CCNCC3)cnc2n1. The van der Waals surface area contributed by atoms with Crippen molar-refractivity contribution in [1.29, 1.82) is 0 Å². The van der Waals surface area contributed by atoms with E-state index in [9.17, 15) is 19.8 Å². The Morgan fingerprint density at radius 3 is 2.60 bits per heavy atom. The van der Waals surface area contributed by atoms with Crippen LogP contribution in [0.4, 0.5) is 17.5 Å². The van der Waals surface area contributed by atoms with Crippen LogP contribution in [-0.2, 0) is 11.3 Å². The van der Waals surface area contributed by atoms with Gasteiger partial charge in [0, 0.05) is 17.8 Å². The molecule has 1 aliphatic rings. The second-order valence-corrected chi connectivity index (χ2v) is 8.43. The number of nitrogens with two attached hydrogens (primary N) is 2. The van der Waals surface area contributed by atoms with Crippen LogP contribution in [0.2, 0.25) is 0 Å². The Morgan fingerprint density at radius 1 is 1.14 bits per heavy atom. The maximum absolute atomic E-state index is 13.6. The van der Waals surface area contributed by atoms with Gasteiger partial charge in [0.1, 0.15) is 5.92 Å². The summed E-state index contributed by atoms with van der Waals surface area (Å²) in [5.41, 5.74) is 13.4. The number of Topliss-reactive ketones (excluding diaryl/α,β-unsaturated/α-hetero) is 1. The van der Waals surface area contributed by atoms with Gasteiger partial charge in [0.25, 0.3) is 0 Å². The Balaban J connectivity index is 1.67. The van der Waals surface area contributed by atoms with Gasteiger partial charge >= 0.3 is 5.97 Å². The Morgan fingerprint density at radius 2 is 1.89 bits per heavy atom. The van der Waals surface area contributed by atoms with Gasteiger partial charge in [-0.1, -0.05) is 12.1 Å². The molecule has 3 aromatic rings. The molecule has 0 amide bonds. The highest BCUT2D eigenvalue weighted by molar-refractivity contribution is 6.11. The Hall–Kier alpha value is -3.90. The standard InChI is InChI=1S/C23H28N8O4/c24-20-18-21(30-23(25)29-20)27-11-14(28-18)12-31(9-10-32)16-4-2-1-3-15(16)19(33)17(22(34)35)13-5-7-26-8-6-13/h1-4,11,13,17,26,32H,5-10,12H2,(H,34,35)(H4,24,25,27,29,30).